The van der Waals surface area contributed by atoms with Crippen LogP contribution in [0.4, 0.5) is 21.5 Å². The van der Waals surface area contributed by atoms with E-state index in [2.05, 4.69) is 74.5 Å². The van der Waals surface area contributed by atoms with Crippen molar-refractivity contribution in [1.82, 2.24) is 30.8 Å². The van der Waals surface area contributed by atoms with E-state index in [0.717, 1.165) is 42.2 Å². The van der Waals surface area contributed by atoms with Gasteiger partial charge in [-0.25, -0.2) is 4.39 Å². The van der Waals surface area contributed by atoms with Crippen molar-refractivity contribution >= 4 is 62.5 Å². The number of benzene rings is 2. The minimum absolute atomic E-state index is 0.0283. The minimum atomic E-state index is -0.529. The molecule has 2 aliphatic rings. The molecule has 0 bridgehead atoms. The van der Waals surface area contributed by atoms with Crippen LogP contribution < -0.4 is 21.6 Å². The van der Waals surface area contributed by atoms with Crippen molar-refractivity contribution in [2.24, 2.45) is 0 Å². The van der Waals surface area contributed by atoms with E-state index in [1.165, 1.54) is 18.3 Å². The zero-order valence-electron chi connectivity index (χ0n) is 24.5. The number of anilines is 3. The van der Waals surface area contributed by atoms with Crippen LogP contribution in [0.3, 0.4) is 0 Å². The van der Waals surface area contributed by atoms with Crippen molar-refractivity contribution in [3.8, 4) is 6.07 Å². The van der Waals surface area contributed by atoms with Crippen LogP contribution in [-0.2, 0) is 0 Å². The van der Waals surface area contributed by atoms with Crippen LogP contribution in [0, 0.1) is 17.1 Å². The van der Waals surface area contributed by atoms with Crippen LogP contribution in [0.2, 0.25) is 10.0 Å². The normalized spacial score (nSPS) is 16.8. The molecule has 0 radical (unpaired) electrons. The fourth-order valence-corrected chi connectivity index (χ4v) is 6.76. The first kappa shape index (κ1) is 30.4. The van der Waals surface area contributed by atoms with E-state index in [1.807, 2.05) is 18.3 Å². The van der Waals surface area contributed by atoms with E-state index >= 15 is 0 Å². The van der Waals surface area contributed by atoms with Gasteiger partial charge in [0.05, 0.1) is 42.9 Å². The summed E-state index contributed by atoms with van der Waals surface area (Å²) in [5.74, 6) is -0.529. The average molecular weight is 653 g/mol. The summed E-state index contributed by atoms with van der Waals surface area (Å²) in [7, 11) is 0. The number of thiazole rings is 1. The third-order valence-corrected chi connectivity index (χ3v) is 9.42. The largest absolute Gasteiger partial charge is 0.372 e. The quantitative estimate of drug-likeness (QED) is 0.163. The predicted molar refractivity (Wildman–Crippen MR) is 175 cm³/mol. The summed E-state index contributed by atoms with van der Waals surface area (Å²) < 4.78 is 13.8. The molecule has 13 heteroatoms. The van der Waals surface area contributed by atoms with Crippen LogP contribution >= 0.6 is 34.5 Å². The Hall–Kier alpha value is -3.66. The number of piperidine rings is 1. The van der Waals surface area contributed by atoms with Gasteiger partial charge >= 0.3 is 0 Å². The summed E-state index contributed by atoms with van der Waals surface area (Å²) in [5.41, 5.74) is 12.2. The molecule has 0 amide bonds. The van der Waals surface area contributed by atoms with Crippen molar-refractivity contribution in [2.45, 2.75) is 51.2 Å². The highest BCUT2D eigenvalue weighted by Crippen LogP contribution is 2.38. The Labute approximate surface area is 269 Å². The van der Waals surface area contributed by atoms with Crippen molar-refractivity contribution in [1.29, 1.82) is 5.26 Å². The summed E-state index contributed by atoms with van der Waals surface area (Å²) in [4.78, 5) is 12.3. The molecule has 4 heterocycles. The van der Waals surface area contributed by atoms with Crippen molar-refractivity contribution in [2.75, 3.05) is 23.7 Å². The molecule has 0 aliphatic carbocycles. The third kappa shape index (κ3) is 6.27. The van der Waals surface area contributed by atoms with Gasteiger partial charge in [0.1, 0.15) is 17.9 Å². The monoisotopic (exact) mass is 651 g/mol. The molecule has 0 unspecified atom stereocenters. The first-order chi connectivity index (χ1) is 21.1. The number of likely N-dealkylation sites (tertiary alicyclic amines) is 1. The molecule has 4 N–H and O–H groups in total. The molecule has 9 nitrogen and oxygen atoms in total. The Morgan fingerprint density at radius 3 is 2.57 bits per heavy atom. The van der Waals surface area contributed by atoms with Crippen molar-refractivity contribution in [3.63, 3.8) is 0 Å². The van der Waals surface area contributed by atoms with E-state index in [4.69, 9.17) is 23.2 Å². The number of hydrogen-bond donors (Lipinski definition) is 4. The molecule has 6 rings (SSSR count). The first-order valence-electron chi connectivity index (χ1n) is 14.3. The van der Waals surface area contributed by atoms with Crippen molar-refractivity contribution < 1.29 is 4.39 Å². The van der Waals surface area contributed by atoms with E-state index in [9.17, 15) is 9.65 Å². The van der Waals surface area contributed by atoms with Crippen LogP contribution in [0.1, 0.15) is 50.1 Å². The van der Waals surface area contributed by atoms with Gasteiger partial charge in [0.25, 0.3) is 0 Å². The average Bonchev–Trinajstić information content (AvgIpc) is 3.71. The number of fused-ring (bicyclic) bond motifs is 1. The summed E-state index contributed by atoms with van der Waals surface area (Å²) in [6, 6.07) is 10.3. The van der Waals surface area contributed by atoms with E-state index in [0.29, 0.717) is 38.9 Å². The maximum Gasteiger partial charge on any atom is 0.141 e. The zero-order valence-corrected chi connectivity index (χ0v) is 26.8. The van der Waals surface area contributed by atoms with Gasteiger partial charge in [0, 0.05) is 60.0 Å². The van der Waals surface area contributed by atoms with Gasteiger partial charge < -0.3 is 16.1 Å². The molecule has 2 aromatic heterocycles. The van der Waals surface area contributed by atoms with Gasteiger partial charge in [-0.1, -0.05) is 23.2 Å². The number of pyridine rings is 1. The highest BCUT2D eigenvalue weighted by atomic mass is 35.5. The van der Waals surface area contributed by atoms with E-state index in [-0.39, 0.29) is 16.6 Å². The Morgan fingerprint density at radius 1 is 1.11 bits per heavy atom. The lowest BCUT2D eigenvalue weighted by atomic mass is 9.98. The molecule has 1 saturated heterocycles. The van der Waals surface area contributed by atoms with Crippen LogP contribution in [0.15, 0.2) is 60.1 Å². The number of nitrogens with zero attached hydrogens (tertiary/aromatic N) is 5. The number of nitriles is 1. The fraction of sp³-hybridized carbons (Fsp3) is 0.323. The summed E-state index contributed by atoms with van der Waals surface area (Å²) >= 11 is 14.3. The molecular weight excluding hydrogens is 620 g/mol. The lowest BCUT2D eigenvalue weighted by molar-refractivity contribution is 0.0570. The number of aromatic nitrogens is 2. The van der Waals surface area contributed by atoms with Crippen LogP contribution in [0.5, 0.6) is 0 Å². The predicted octanol–water partition coefficient (Wildman–Crippen LogP) is 7.33. The van der Waals surface area contributed by atoms with E-state index in [1.54, 1.807) is 22.9 Å². The van der Waals surface area contributed by atoms with Crippen LogP contribution in [0.25, 0.3) is 10.9 Å². The maximum absolute atomic E-state index is 13.8. The molecule has 2 aliphatic heterocycles. The minimum Gasteiger partial charge on any atom is -0.372 e. The van der Waals surface area contributed by atoms with Crippen molar-refractivity contribution in [3.05, 3.63) is 86.4 Å². The summed E-state index contributed by atoms with van der Waals surface area (Å²) in [6.07, 6.45) is 7.54. The Balaban J connectivity index is 1.31. The highest BCUT2D eigenvalue weighted by Gasteiger charge is 2.32. The van der Waals surface area contributed by atoms with Gasteiger partial charge in [-0.2, -0.15) is 5.26 Å². The highest BCUT2D eigenvalue weighted by molar-refractivity contribution is 7.09. The molecular formula is C31H32Cl2FN9S. The second-order valence-corrected chi connectivity index (χ2v) is 13.6. The summed E-state index contributed by atoms with van der Waals surface area (Å²) in [5, 5.41) is 19.9. The maximum atomic E-state index is 13.8. The summed E-state index contributed by atoms with van der Waals surface area (Å²) in [6.45, 7) is 8.88. The molecule has 0 saturated carbocycles. The lowest BCUT2D eigenvalue weighted by Crippen LogP contribution is -2.52. The topological polar surface area (TPSA) is 104 Å². The number of halogens is 3. The first-order valence-corrected chi connectivity index (χ1v) is 15.9. The lowest BCUT2D eigenvalue weighted by Gasteiger charge is -2.42. The second kappa shape index (κ2) is 12.4. The molecule has 2 aromatic carbocycles. The SMILES string of the molecule is CC(C)(C)N1CCC(N2C=C([C@@H](Nc3cc(Cl)c4ncc(C#N)c(Nc5ccc(F)c(Cl)c5)c4c3)c3cncs3)NN2)CC1. The molecule has 1 atom stereocenters. The fourth-order valence-electron chi connectivity index (χ4n) is 5.62. The Kier molecular flexibility index (Phi) is 8.55. The number of hydrazine groups is 2. The Bertz CT molecular complexity index is 1740. The number of nitrogens with one attached hydrogen (secondary N) is 4. The van der Waals surface area contributed by atoms with Gasteiger partial charge in [-0.05, 0) is 63.9 Å². The van der Waals surface area contributed by atoms with Gasteiger partial charge in [-0.15, -0.1) is 16.9 Å². The van der Waals surface area contributed by atoms with Gasteiger partial charge in [0.15, 0.2) is 0 Å². The second-order valence-electron chi connectivity index (χ2n) is 11.9. The zero-order chi connectivity index (χ0) is 31.0. The molecule has 228 valence electrons. The Morgan fingerprint density at radius 2 is 1.89 bits per heavy atom. The van der Waals surface area contributed by atoms with E-state index < -0.39 is 5.82 Å². The number of hydrogen-bond acceptors (Lipinski definition) is 10. The van der Waals surface area contributed by atoms with Gasteiger partial charge in [-0.3, -0.25) is 19.9 Å². The smallest absolute Gasteiger partial charge is 0.141 e. The number of rotatable bonds is 7. The standard InChI is InChI=1S/C31H32Cl2FN9S/c1-31(2,3)42-8-6-21(7-9-42)43-16-26(40-41-43)30(27-15-36-17-44-27)39-20-10-22-28(38-19-4-5-25(34)23(32)11-19)18(13-35)14-37-29(22)24(33)12-20/h4-5,10-12,14-17,21,30,39-41H,6-9H2,1-3H3,(H,37,38)/t30-/m1/s1. The third-order valence-electron chi connectivity index (χ3n) is 8.01. The van der Waals surface area contributed by atoms with Gasteiger partial charge in [0.2, 0.25) is 0 Å². The molecule has 1 fully saturated rings. The molecule has 4 aromatic rings. The van der Waals surface area contributed by atoms with Crippen LogP contribution in [-0.4, -0.2) is 44.5 Å². The molecule has 44 heavy (non-hydrogen) atoms. The molecule has 0 spiro atoms.